The molecule has 0 saturated carbocycles. The molecule has 1 saturated heterocycles. The number of thioether (sulfide) groups is 2. The number of hydrogen-bond acceptors (Lipinski definition) is 11. The molecule has 3 amide bonds. The molecule has 2 unspecified atom stereocenters. The first-order valence-electron chi connectivity index (χ1n) is 9.95. The number of carboxylic acid groups (broad SMARTS) is 1. The van der Waals surface area contributed by atoms with E-state index < -0.39 is 34.9 Å². The largest absolute Gasteiger partial charge is 0.508 e. The van der Waals surface area contributed by atoms with E-state index in [9.17, 15) is 29.4 Å². The van der Waals surface area contributed by atoms with Crippen molar-refractivity contribution in [1.29, 1.82) is 0 Å². The number of H-pyrrole nitrogens is 1. The Labute approximate surface area is 205 Å². The van der Waals surface area contributed by atoms with E-state index in [2.05, 4.69) is 31.3 Å². The number of nitrogens with zero attached hydrogens (tertiary/aromatic N) is 4. The van der Waals surface area contributed by atoms with Gasteiger partial charge in [-0.1, -0.05) is 23.9 Å². The van der Waals surface area contributed by atoms with Gasteiger partial charge >= 0.3 is 5.97 Å². The molecule has 0 spiro atoms. The number of phenols is 1. The average molecular weight is 522 g/mol. The molecule has 14 nitrogen and oxygen atoms in total. The summed E-state index contributed by atoms with van der Waals surface area (Å²) in [5, 5.41) is 37.0. The molecule has 2 aromatic rings. The van der Waals surface area contributed by atoms with Gasteiger partial charge in [-0.2, -0.15) is 0 Å². The summed E-state index contributed by atoms with van der Waals surface area (Å²) in [5.74, 6) is -2.37. The summed E-state index contributed by atoms with van der Waals surface area (Å²) < 4.78 is 5.44. The molecule has 16 heteroatoms. The van der Waals surface area contributed by atoms with Crippen molar-refractivity contribution in [3.05, 3.63) is 41.1 Å². The Bertz CT molecular complexity index is 1170. The predicted molar refractivity (Wildman–Crippen MR) is 121 cm³/mol. The lowest BCUT2D eigenvalue weighted by atomic mass is 9.97. The smallest absolute Gasteiger partial charge is 0.352 e. The lowest BCUT2D eigenvalue weighted by molar-refractivity contribution is -0.193. The van der Waals surface area contributed by atoms with E-state index in [1.807, 2.05) is 0 Å². The number of aromatic hydroxyl groups is 1. The first kappa shape index (κ1) is 24.5. The van der Waals surface area contributed by atoms with Crippen LogP contribution in [0.2, 0.25) is 0 Å². The van der Waals surface area contributed by atoms with Crippen molar-refractivity contribution in [3.8, 4) is 5.75 Å². The van der Waals surface area contributed by atoms with Crippen LogP contribution in [0.3, 0.4) is 0 Å². The van der Waals surface area contributed by atoms with Crippen LogP contribution < -0.4 is 10.6 Å². The summed E-state index contributed by atoms with van der Waals surface area (Å²) in [4.78, 5) is 50.6. The highest BCUT2D eigenvalue weighted by Crippen LogP contribution is 2.47. The standard InChI is InChI=1S/C19H19N7O7S2/c1-33-19(21-14(29)12(20-8-27)9-2-4-11(28)5-3-9)16(32)26-13(15(30)31)10(6-34-17(19)26)7-35-18-22-24-25-23-18/h2-5,8,12,17,28H,6-7H2,1H3,(H,20,27)(H,21,29)(H,30,31)(H,22,23,24,25)/t12?,17?,19-/m1/s1. The van der Waals surface area contributed by atoms with Crippen molar-refractivity contribution >= 4 is 47.7 Å². The second kappa shape index (κ2) is 9.93. The van der Waals surface area contributed by atoms with Gasteiger partial charge in [0, 0.05) is 18.6 Å². The monoisotopic (exact) mass is 521 g/mol. The van der Waals surface area contributed by atoms with Gasteiger partial charge in [0.25, 0.3) is 11.6 Å². The number of phenolic OH excluding ortho intramolecular Hbond substituents is 1. The van der Waals surface area contributed by atoms with Crippen LogP contribution >= 0.6 is 23.5 Å². The van der Waals surface area contributed by atoms with Crippen molar-refractivity contribution in [1.82, 2.24) is 36.2 Å². The molecular weight excluding hydrogens is 502 g/mol. The number of hydrogen-bond donors (Lipinski definition) is 5. The first-order valence-corrected chi connectivity index (χ1v) is 12.0. The van der Waals surface area contributed by atoms with E-state index in [4.69, 9.17) is 4.74 Å². The molecule has 3 atom stereocenters. The Balaban J connectivity index is 1.57. The van der Waals surface area contributed by atoms with Gasteiger partial charge in [-0.3, -0.25) is 19.3 Å². The van der Waals surface area contributed by atoms with Crippen LogP contribution in [-0.2, 0) is 23.9 Å². The Morgan fingerprint density at radius 2 is 2.17 bits per heavy atom. The van der Waals surface area contributed by atoms with Crippen LogP contribution in [0.15, 0.2) is 40.7 Å². The molecule has 3 heterocycles. The fraction of sp³-hybridized carbons (Fsp3) is 0.316. The van der Waals surface area contributed by atoms with E-state index >= 15 is 0 Å². The number of nitrogens with one attached hydrogen (secondary N) is 3. The van der Waals surface area contributed by atoms with Crippen molar-refractivity contribution in [2.24, 2.45) is 0 Å². The van der Waals surface area contributed by atoms with E-state index in [1.165, 1.54) is 54.9 Å². The lowest BCUT2D eigenvalue weighted by Crippen LogP contribution is -2.81. The molecule has 0 radical (unpaired) electrons. The summed E-state index contributed by atoms with van der Waals surface area (Å²) in [5.41, 5.74) is -1.20. The molecule has 1 aromatic carbocycles. The van der Waals surface area contributed by atoms with Gasteiger partial charge in [-0.05, 0) is 33.7 Å². The Morgan fingerprint density at radius 3 is 2.77 bits per heavy atom. The topological polar surface area (TPSA) is 200 Å². The van der Waals surface area contributed by atoms with Gasteiger partial charge in [-0.25, -0.2) is 9.89 Å². The van der Waals surface area contributed by atoms with E-state index in [0.717, 1.165) is 4.90 Å². The van der Waals surface area contributed by atoms with Crippen molar-refractivity contribution in [2.75, 3.05) is 18.6 Å². The summed E-state index contributed by atoms with van der Waals surface area (Å²) >= 11 is 2.41. The van der Waals surface area contributed by atoms with Crippen LogP contribution in [0.4, 0.5) is 0 Å². The predicted octanol–water partition coefficient (Wildman–Crippen LogP) is -0.803. The molecule has 5 N–H and O–H groups in total. The fourth-order valence-corrected chi connectivity index (χ4v) is 6.05. The number of aliphatic carboxylic acids is 1. The molecule has 0 bridgehead atoms. The minimum absolute atomic E-state index is 0.0303. The van der Waals surface area contributed by atoms with Gasteiger partial charge in [0.05, 0.1) is 0 Å². The van der Waals surface area contributed by atoms with Crippen molar-refractivity contribution < 1.29 is 34.1 Å². The number of tetrazole rings is 1. The molecule has 1 fully saturated rings. The number of β-lactam (4-membered cyclic amide) rings is 1. The third-order valence-electron chi connectivity index (χ3n) is 5.38. The van der Waals surface area contributed by atoms with E-state index in [0.29, 0.717) is 22.7 Å². The summed E-state index contributed by atoms with van der Waals surface area (Å²) in [6, 6.07) is 4.39. The lowest BCUT2D eigenvalue weighted by Gasteiger charge is -2.56. The van der Waals surface area contributed by atoms with Crippen LogP contribution in [-0.4, -0.2) is 89.6 Å². The number of carbonyl (C=O) groups excluding carboxylic acids is 3. The number of ether oxygens (including phenoxy) is 1. The van der Waals surface area contributed by atoms with Gasteiger partial charge in [-0.15, -0.1) is 16.9 Å². The number of carboxylic acids is 1. The van der Waals surface area contributed by atoms with Gasteiger partial charge in [0.1, 0.15) is 22.9 Å². The number of aromatic amines is 1. The number of carbonyl (C=O) groups is 4. The van der Waals surface area contributed by atoms with Crippen LogP contribution in [0.5, 0.6) is 5.75 Å². The number of fused-ring (bicyclic) bond motifs is 1. The second-order valence-corrected chi connectivity index (χ2v) is 9.36. The highest BCUT2D eigenvalue weighted by atomic mass is 32.2. The minimum atomic E-state index is -1.84. The average Bonchev–Trinajstić information content (AvgIpc) is 3.38. The molecule has 2 aliphatic heterocycles. The van der Waals surface area contributed by atoms with Crippen molar-refractivity contribution in [2.45, 2.75) is 22.3 Å². The van der Waals surface area contributed by atoms with E-state index in [-0.39, 0.29) is 23.0 Å². The maximum atomic E-state index is 13.2. The molecule has 2 aliphatic rings. The quantitative estimate of drug-likeness (QED) is 0.113. The Kier molecular flexibility index (Phi) is 6.95. The van der Waals surface area contributed by atoms with E-state index in [1.54, 1.807) is 0 Å². The highest BCUT2D eigenvalue weighted by molar-refractivity contribution is 8.01. The normalized spacial score (nSPS) is 22.1. The summed E-state index contributed by atoms with van der Waals surface area (Å²) in [6.45, 7) is 0. The zero-order valence-corrected chi connectivity index (χ0v) is 19.6. The molecule has 1 aromatic heterocycles. The SMILES string of the molecule is CO[C@]1(NC(=O)C(NC=O)c2ccc(O)cc2)C(=O)N2C(C(=O)O)=C(CSc3nnn[nH]3)CSC21. The maximum absolute atomic E-state index is 13.2. The third kappa shape index (κ3) is 4.42. The van der Waals surface area contributed by atoms with Gasteiger partial charge in [0.15, 0.2) is 0 Å². The number of benzene rings is 1. The number of methoxy groups -OCH3 is 1. The number of aromatic nitrogens is 4. The molecule has 4 rings (SSSR count). The van der Waals surface area contributed by atoms with Crippen molar-refractivity contribution in [3.63, 3.8) is 0 Å². The van der Waals surface area contributed by atoms with Crippen LogP contribution in [0, 0.1) is 0 Å². The zero-order chi connectivity index (χ0) is 25.2. The Morgan fingerprint density at radius 1 is 1.43 bits per heavy atom. The van der Waals surface area contributed by atoms with Gasteiger partial charge in [0.2, 0.25) is 17.5 Å². The highest BCUT2D eigenvalue weighted by Gasteiger charge is 2.66. The fourth-order valence-electron chi connectivity index (χ4n) is 3.73. The summed E-state index contributed by atoms with van der Waals surface area (Å²) in [6.07, 6.45) is 0.333. The third-order valence-corrected chi connectivity index (χ3v) is 7.69. The summed E-state index contributed by atoms with van der Waals surface area (Å²) in [7, 11) is 1.23. The molecule has 35 heavy (non-hydrogen) atoms. The van der Waals surface area contributed by atoms with Crippen LogP contribution in [0.25, 0.3) is 0 Å². The first-order chi connectivity index (χ1) is 16.8. The molecule has 184 valence electrons. The zero-order valence-electron chi connectivity index (χ0n) is 18.0. The number of rotatable bonds is 10. The minimum Gasteiger partial charge on any atom is -0.508 e. The Hall–Kier alpha value is -3.63. The maximum Gasteiger partial charge on any atom is 0.352 e. The number of amides is 3. The van der Waals surface area contributed by atoms with Crippen LogP contribution in [0.1, 0.15) is 11.6 Å². The molecular formula is C19H19N7O7S2. The second-order valence-electron chi connectivity index (χ2n) is 7.33. The molecule has 0 aliphatic carbocycles. The van der Waals surface area contributed by atoms with Gasteiger partial charge < -0.3 is 25.6 Å².